The molecule has 1 N–H and O–H groups in total. The minimum Gasteiger partial charge on any atom is -0.318 e. The number of likely N-dealkylation sites (N-methyl/N-ethyl adjacent to an activating group) is 1. The molecule has 2 heteroatoms. The highest BCUT2D eigenvalue weighted by atomic mass is 15.2. The number of benzene rings is 3. The minimum absolute atomic E-state index is 0.326. The summed E-state index contributed by atoms with van der Waals surface area (Å²) in [7, 11) is 2.03. The van der Waals surface area contributed by atoms with Crippen molar-refractivity contribution in [3.05, 3.63) is 108 Å². The van der Waals surface area contributed by atoms with E-state index >= 15 is 0 Å². The van der Waals surface area contributed by atoms with E-state index in [2.05, 4.69) is 101 Å². The smallest absolute Gasteiger partial charge is 0.0479 e. The molecule has 0 unspecified atom stereocenters. The van der Waals surface area contributed by atoms with Gasteiger partial charge in [0.15, 0.2) is 0 Å². The van der Waals surface area contributed by atoms with Crippen molar-refractivity contribution in [2.45, 2.75) is 19.1 Å². The minimum atomic E-state index is 0.326. The molecule has 128 valence electrons. The first-order valence-corrected chi connectivity index (χ1v) is 8.88. The van der Waals surface area contributed by atoms with Crippen LogP contribution in [-0.4, -0.2) is 18.5 Å². The molecule has 0 aliphatic rings. The largest absolute Gasteiger partial charge is 0.318 e. The molecular weight excluding hydrogens is 304 g/mol. The van der Waals surface area contributed by atoms with Gasteiger partial charge in [0, 0.05) is 25.7 Å². The molecule has 0 spiro atoms. The predicted molar refractivity (Wildman–Crippen MR) is 105 cm³/mol. The third-order valence-corrected chi connectivity index (χ3v) is 4.48. The summed E-state index contributed by atoms with van der Waals surface area (Å²) in [6.45, 7) is 2.78. The van der Waals surface area contributed by atoms with Crippen LogP contribution in [0.15, 0.2) is 91.0 Å². The highest BCUT2D eigenvalue weighted by molar-refractivity contribution is 5.22. The quantitative estimate of drug-likeness (QED) is 0.647. The van der Waals surface area contributed by atoms with Crippen LogP contribution in [-0.2, 0) is 13.1 Å². The molecule has 3 rings (SSSR count). The van der Waals surface area contributed by atoms with Crippen LogP contribution in [0.2, 0.25) is 0 Å². The van der Waals surface area contributed by atoms with Gasteiger partial charge in [-0.15, -0.1) is 0 Å². The summed E-state index contributed by atoms with van der Waals surface area (Å²) in [6.07, 6.45) is 0. The number of hydrogen-bond acceptors (Lipinski definition) is 2. The van der Waals surface area contributed by atoms with Crippen molar-refractivity contribution >= 4 is 0 Å². The van der Waals surface area contributed by atoms with E-state index in [-0.39, 0.29) is 0 Å². The second-order valence-electron chi connectivity index (χ2n) is 6.36. The van der Waals surface area contributed by atoms with Crippen molar-refractivity contribution in [2.24, 2.45) is 0 Å². The van der Waals surface area contributed by atoms with Gasteiger partial charge in [0.05, 0.1) is 0 Å². The fraction of sp³-hybridized carbons (Fsp3) is 0.217. The maximum Gasteiger partial charge on any atom is 0.0479 e. The number of rotatable bonds is 8. The molecule has 0 saturated carbocycles. The lowest BCUT2D eigenvalue weighted by molar-refractivity contribution is 0.177. The SMILES string of the molecule is CNC[C@H](c1ccccc1)N(Cc1ccccc1)Cc1ccccc1. The Morgan fingerprint density at radius 2 is 1.12 bits per heavy atom. The summed E-state index contributed by atoms with van der Waals surface area (Å²) in [5.41, 5.74) is 4.04. The van der Waals surface area contributed by atoms with Crippen molar-refractivity contribution in [3.8, 4) is 0 Å². The van der Waals surface area contributed by atoms with E-state index in [1.54, 1.807) is 0 Å². The number of hydrogen-bond donors (Lipinski definition) is 1. The van der Waals surface area contributed by atoms with E-state index in [0.717, 1.165) is 19.6 Å². The van der Waals surface area contributed by atoms with Crippen LogP contribution in [0.4, 0.5) is 0 Å². The second-order valence-corrected chi connectivity index (χ2v) is 6.36. The topological polar surface area (TPSA) is 15.3 Å². The van der Waals surface area contributed by atoms with E-state index in [1.165, 1.54) is 16.7 Å². The Bertz CT molecular complexity index is 684. The highest BCUT2D eigenvalue weighted by Gasteiger charge is 2.20. The molecule has 0 amide bonds. The molecule has 25 heavy (non-hydrogen) atoms. The first-order valence-electron chi connectivity index (χ1n) is 8.88. The zero-order chi connectivity index (χ0) is 17.3. The van der Waals surface area contributed by atoms with Crippen LogP contribution in [0.3, 0.4) is 0 Å². The molecule has 2 nitrogen and oxygen atoms in total. The molecule has 0 aliphatic carbocycles. The molecule has 0 saturated heterocycles. The maximum absolute atomic E-state index is 3.38. The van der Waals surface area contributed by atoms with Gasteiger partial charge in [-0.3, -0.25) is 4.90 Å². The molecule has 0 fully saturated rings. The summed E-state index contributed by atoms with van der Waals surface area (Å²) < 4.78 is 0. The molecule has 0 radical (unpaired) electrons. The van der Waals surface area contributed by atoms with Gasteiger partial charge in [-0.1, -0.05) is 91.0 Å². The van der Waals surface area contributed by atoms with Crippen molar-refractivity contribution in [1.82, 2.24) is 10.2 Å². The van der Waals surface area contributed by atoms with Crippen molar-refractivity contribution in [2.75, 3.05) is 13.6 Å². The molecule has 0 aliphatic heterocycles. The van der Waals surface area contributed by atoms with Crippen LogP contribution in [0.1, 0.15) is 22.7 Å². The van der Waals surface area contributed by atoms with Gasteiger partial charge >= 0.3 is 0 Å². The Morgan fingerprint density at radius 3 is 1.56 bits per heavy atom. The molecule has 0 bridgehead atoms. The summed E-state index contributed by atoms with van der Waals surface area (Å²) >= 11 is 0. The van der Waals surface area contributed by atoms with Crippen molar-refractivity contribution < 1.29 is 0 Å². The van der Waals surface area contributed by atoms with Crippen molar-refractivity contribution in [3.63, 3.8) is 0 Å². The second kappa shape index (κ2) is 9.16. The molecular formula is C23H26N2. The highest BCUT2D eigenvalue weighted by Crippen LogP contribution is 2.24. The molecule has 0 heterocycles. The molecule has 3 aromatic rings. The van der Waals surface area contributed by atoms with E-state index in [4.69, 9.17) is 0 Å². The van der Waals surface area contributed by atoms with E-state index in [9.17, 15) is 0 Å². The first-order chi connectivity index (χ1) is 12.4. The average molecular weight is 330 g/mol. The fourth-order valence-corrected chi connectivity index (χ4v) is 3.24. The first kappa shape index (κ1) is 17.4. The lowest BCUT2D eigenvalue weighted by Gasteiger charge is -2.32. The summed E-state index contributed by atoms with van der Waals surface area (Å²) in [5.74, 6) is 0. The zero-order valence-electron chi connectivity index (χ0n) is 14.8. The third-order valence-electron chi connectivity index (χ3n) is 4.48. The lowest BCUT2D eigenvalue weighted by atomic mass is 10.0. The van der Waals surface area contributed by atoms with Gasteiger partial charge in [0.1, 0.15) is 0 Å². The van der Waals surface area contributed by atoms with Gasteiger partial charge in [0.25, 0.3) is 0 Å². The fourth-order valence-electron chi connectivity index (χ4n) is 3.24. The Hall–Kier alpha value is -2.42. The standard InChI is InChI=1S/C23H26N2/c1-24-17-23(22-15-9-4-10-16-22)25(18-20-11-5-2-6-12-20)19-21-13-7-3-8-14-21/h2-16,23-24H,17-19H2,1H3/t23-/m1/s1. The Kier molecular flexibility index (Phi) is 6.38. The van der Waals surface area contributed by atoms with Gasteiger partial charge in [0.2, 0.25) is 0 Å². The Morgan fingerprint density at radius 1 is 0.680 bits per heavy atom. The van der Waals surface area contributed by atoms with Crippen molar-refractivity contribution in [1.29, 1.82) is 0 Å². The predicted octanol–water partition coefficient (Wildman–Crippen LogP) is 4.65. The summed E-state index contributed by atoms with van der Waals surface area (Å²) in [4.78, 5) is 2.55. The van der Waals surface area contributed by atoms with E-state index in [1.807, 2.05) is 7.05 Å². The maximum atomic E-state index is 3.38. The summed E-state index contributed by atoms with van der Waals surface area (Å²) in [5, 5.41) is 3.38. The zero-order valence-corrected chi connectivity index (χ0v) is 14.8. The molecule has 1 atom stereocenters. The Balaban J connectivity index is 1.89. The van der Waals surface area contributed by atoms with Crippen LogP contribution in [0, 0.1) is 0 Å². The van der Waals surface area contributed by atoms with Gasteiger partial charge < -0.3 is 5.32 Å². The van der Waals surface area contributed by atoms with Gasteiger partial charge in [-0.05, 0) is 23.7 Å². The number of nitrogens with one attached hydrogen (secondary N) is 1. The van der Waals surface area contributed by atoms with Gasteiger partial charge in [-0.2, -0.15) is 0 Å². The van der Waals surface area contributed by atoms with Crippen LogP contribution in [0.5, 0.6) is 0 Å². The lowest BCUT2D eigenvalue weighted by Crippen LogP contribution is -2.34. The molecule has 0 aromatic heterocycles. The average Bonchev–Trinajstić information content (AvgIpc) is 2.68. The normalized spacial score (nSPS) is 12.2. The Labute approximate surface area is 151 Å². The van der Waals surface area contributed by atoms with Crippen LogP contribution < -0.4 is 5.32 Å². The van der Waals surface area contributed by atoms with E-state index in [0.29, 0.717) is 6.04 Å². The van der Waals surface area contributed by atoms with Gasteiger partial charge in [-0.25, -0.2) is 0 Å². The third kappa shape index (κ3) is 5.02. The monoisotopic (exact) mass is 330 g/mol. The van der Waals surface area contributed by atoms with Crippen LogP contribution in [0.25, 0.3) is 0 Å². The van der Waals surface area contributed by atoms with Crippen LogP contribution >= 0.6 is 0 Å². The van der Waals surface area contributed by atoms with E-state index < -0.39 is 0 Å². The molecule has 3 aromatic carbocycles. The number of nitrogens with zero attached hydrogens (tertiary/aromatic N) is 1. The summed E-state index contributed by atoms with van der Waals surface area (Å²) in [6, 6.07) is 32.6.